The first-order chi connectivity index (χ1) is 18.4. The van der Waals surface area contributed by atoms with Crippen LogP contribution in [0.15, 0.2) is 21.9 Å². The molecule has 232 valence electrons. The van der Waals surface area contributed by atoms with Crippen molar-refractivity contribution in [2.45, 2.75) is 57.6 Å². The molecule has 2 rings (SSSR count). The second kappa shape index (κ2) is 14.5. The third-order valence-electron chi connectivity index (χ3n) is 4.81. The van der Waals surface area contributed by atoms with Gasteiger partial charge in [-0.2, -0.15) is 12.9 Å². The highest BCUT2D eigenvalue weighted by molar-refractivity contribution is 7.69. The molecule has 1 saturated heterocycles. The van der Waals surface area contributed by atoms with Gasteiger partial charge < -0.3 is 34.2 Å². The van der Waals surface area contributed by atoms with E-state index >= 15 is 0 Å². The van der Waals surface area contributed by atoms with Crippen molar-refractivity contribution in [3.63, 3.8) is 0 Å². The molecule has 0 spiro atoms. The van der Waals surface area contributed by atoms with Crippen LogP contribution >= 0.6 is 31.3 Å². The van der Waals surface area contributed by atoms with Crippen molar-refractivity contribution in [2.75, 3.05) is 19.8 Å². The Kier molecular flexibility index (Phi) is 12.8. The zero-order chi connectivity index (χ0) is 30.4. The third-order valence-corrected chi connectivity index (χ3v) is 10.8. The lowest BCUT2D eigenvalue weighted by atomic mass is 10.1. The highest BCUT2D eigenvalue weighted by Gasteiger charge is 2.49. The number of aliphatic hydroxyl groups excluding tert-OH is 1. The number of hydrogen-bond acceptors (Lipinski definition) is 14. The molecular weight excluding hydrogens is 632 g/mol. The first-order valence-corrected chi connectivity index (χ1v) is 17.4. The van der Waals surface area contributed by atoms with Gasteiger partial charge in [0, 0.05) is 18.9 Å². The summed E-state index contributed by atoms with van der Waals surface area (Å²) < 4.78 is 79.5. The van der Waals surface area contributed by atoms with Crippen molar-refractivity contribution in [1.82, 2.24) is 9.55 Å². The summed E-state index contributed by atoms with van der Waals surface area (Å²) in [6, 6.07) is 0.997. The van der Waals surface area contributed by atoms with Gasteiger partial charge in [-0.1, -0.05) is 19.8 Å². The van der Waals surface area contributed by atoms with Crippen LogP contribution in [0.1, 0.15) is 39.3 Å². The van der Waals surface area contributed by atoms with Crippen molar-refractivity contribution in [1.29, 1.82) is 0 Å². The van der Waals surface area contributed by atoms with Crippen LogP contribution in [0.4, 0.5) is 0 Å². The molecule has 6 N–H and O–H groups in total. The van der Waals surface area contributed by atoms with Crippen LogP contribution in [0.2, 0.25) is 0 Å². The zero-order valence-electron chi connectivity index (χ0n) is 21.0. The van der Waals surface area contributed by atoms with Crippen LogP contribution < -0.4 is 11.2 Å². The van der Waals surface area contributed by atoms with Crippen molar-refractivity contribution in [2.24, 2.45) is 0 Å². The van der Waals surface area contributed by atoms with Crippen LogP contribution in [0.3, 0.4) is 0 Å². The van der Waals surface area contributed by atoms with Crippen LogP contribution in [0, 0.1) is 0 Å². The van der Waals surface area contributed by atoms with Crippen molar-refractivity contribution >= 4 is 31.3 Å². The molecule has 8 atom stereocenters. The van der Waals surface area contributed by atoms with E-state index in [2.05, 4.69) is 22.0 Å². The predicted molar refractivity (Wildman–Crippen MR) is 131 cm³/mol. The Hall–Kier alpha value is -0.880. The standard InChI is InChI=1S/C16H30N2O18P4/c1-3-5-6-9-30-14-13(20)11(33-15(14)18-8-7-12(19)17-16(18)21)10-32-38(24,25)35-40(28,29)36-39(26,27)34-37(22,23)31-4-2/h7-8,11,13-15,20H,3-6,9-10H2,1-2H3,(H,22,23)(H,24,25)(H,26,27)(H,28,29)(H,17,19,21)/t11-,13?,14+,15-/m1/s1. The van der Waals surface area contributed by atoms with Gasteiger partial charge in [-0.15, -0.1) is 0 Å². The molecule has 40 heavy (non-hydrogen) atoms. The summed E-state index contributed by atoms with van der Waals surface area (Å²) in [6.45, 7) is 1.77. The summed E-state index contributed by atoms with van der Waals surface area (Å²) in [4.78, 5) is 63.7. The van der Waals surface area contributed by atoms with Gasteiger partial charge in [-0.05, 0) is 13.3 Å². The molecule has 1 aliphatic heterocycles. The maximum Gasteiger partial charge on any atom is 0.490 e. The number of H-pyrrole nitrogens is 1. The van der Waals surface area contributed by atoms with E-state index in [9.17, 15) is 52.5 Å². The average Bonchev–Trinajstić information content (AvgIpc) is 3.08. The largest absolute Gasteiger partial charge is 0.490 e. The second-order valence-electron chi connectivity index (χ2n) is 7.95. The maximum absolute atomic E-state index is 12.3. The molecule has 0 amide bonds. The van der Waals surface area contributed by atoms with Gasteiger partial charge in [-0.25, -0.2) is 23.1 Å². The first kappa shape index (κ1) is 35.3. The van der Waals surface area contributed by atoms with E-state index in [1.807, 2.05) is 11.9 Å². The summed E-state index contributed by atoms with van der Waals surface area (Å²) in [6.07, 6.45) is -2.44. The van der Waals surface area contributed by atoms with E-state index in [4.69, 9.17) is 9.47 Å². The molecule has 0 saturated carbocycles. The van der Waals surface area contributed by atoms with Gasteiger partial charge >= 0.3 is 37.0 Å². The number of hydrogen-bond donors (Lipinski definition) is 6. The molecule has 1 fully saturated rings. The smallest absolute Gasteiger partial charge is 0.387 e. The zero-order valence-corrected chi connectivity index (χ0v) is 24.6. The minimum Gasteiger partial charge on any atom is -0.387 e. The molecule has 1 aromatic rings. The maximum atomic E-state index is 12.3. The minimum absolute atomic E-state index is 0.126. The third kappa shape index (κ3) is 11.1. The minimum atomic E-state index is -5.99. The average molecular weight is 662 g/mol. The number of unbranched alkanes of at least 4 members (excludes halogenated alkanes) is 2. The van der Waals surface area contributed by atoms with E-state index in [1.165, 1.54) is 6.92 Å². The Labute approximate surface area is 226 Å². The van der Waals surface area contributed by atoms with Crippen molar-refractivity contribution < 1.29 is 74.4 Å². The fraction of sp³-hybridized carbons (Fsp3) is 0.750. The van der Waals surface area contributed by atoms with Crippen LogP contribution in [0.5, 0.6) is 0 Å². The molecule has 24 heteroatoms. The number of aromatic amines is 1. The monoisotopic (exact) mass is 662 g/mol. The van der Waals surface area contributed by atoms with Crippen LogP contribution in [-0.4, -0.2) is 72.4 Å². The molecule has 2 heterocycles. The van der Waals surface area contributed by atoms with E-state index in [1.54, 1.807) is 0 Å². The molecule has 1 aromatic heterocycles. The molecule has 20 nitrogen and oxygen atoms in total. The first-order valence-electron chi connectivity index (χ1n) is 11.4. The van der Waals surface area contributed by atoms with E-state index < -0.39 is 80.3 Å². The Morgan fingerprint density at radius 3 is 2.05 bits per heavy atom. The molecule has 0 aliphatic carbocycles. The molecular formula is C16H30N2O18P4. The number of nitrogens with zero attached hydrogens (tertiary/aromatic N) is 1. The number of nitrogens with one attached hydrogen (secondary N) is 1. The SMILES string of the molecule is CCCCCO[C@H]1C(O)[C@@H](COP(=O)(O)OP(=O)(O)OP(=O)(O)OP(=O)(O)OCC)O[C@H]1n1ccc(=O)[nH]c1=O. The number of phosphoric ester groups is 2. The summed E-state index contributed by atoms with van der Waals surface area (Å²) in [7, 11) is -22.7. The topological polar surface area (TPSA) is 289 Å². The van der Waals surface area contributed by atoms with Gasteiger partial charge in [0.1, 0.15) is 18.3 Å². The molecule has 0 aromatic carbocycles. The molecule has 1 aliphatic rings. The lowest BCUT2D eigenvalue weighted by Crippen LogP contribution is -2.39. The number of aromatic nitrogens is 2. The van der Waals surface area contributed by atoms with Gasteiger partial charge in [0.25, 0.3) is 5.56 Å². The Balaban J connectivity index is 2.11. The fourth-order valence-corrected chi connectivity index (χ4v) is 8.20. The van der Waals surface area contributed by atoms with Gasteiger partial charge in [-0.3, -0.25) is 23.4 Å². The molecule has 5 unspecified atom stereocenters. The Morgan fingerprint density at radius 1 is 0.925 bits per heavy atom. The number of aliphatic hydroxyl groups is 1. The van der Waals surface area contributed by atoms with E-state index in [0.29, 0.717) is 6.42 Å². The van der Waals surface area contributed by atoms with E-state index in [-0.39, 0.29) is 6.61 Å². The summed E-state index contributed by atoms with van der Waals surface area (Å²) in [5.41, 5.74) is -1.64. The van der Waals surface area contributed by atoms with Crippen LogP contribution in [0.25, 0.3) is 0 Å². The normalized spacial score (nSPS) is 27.4. The fourth-order valence-electron chi connectivity index (χ4n) is 3.26. The predicted octanol–water partition coefficient (Wildman–Crippen LogP) is 0.875. The summed E-state index contributed by atoms with van der Waals surface area (Å²) in [5, 5.41) is 10.7. The van der Waals surface area contributed by atoms with Crippen molar-refractivity contribution in [3.05, 3.63) is 33.1 Å². The molecule has 0 radical (unpaired) electrons. The Bertz CT molecular complexity index is 1300. The number of phosphoric acid groups is 4. The highest BCUT2D eigenvalue weighted by atomic mass is 31.3. The number of ether oxygens (including phenoxy) is 2. The van der Waals surface area contributed by atoms with Gasteiger partial charge in [0.2, 0.25) is 0 Å². The molecule has 0 bridgehead atoms. The lowest BCUT2D eigenvalue weighted by Gasteiger charge is -2.22. The van der Waals surface area contributed by atoms with Crippen molar-refractivity contribution in [3.8, 4) is 0 Å². The summed E-state index contributed by atoms with van der Waals surface area (Å²) in [5.74, 6) is 0. The Morgan fingerprint density at radius 2 is 1.50 bits per heavy atom. The quantitative estimate of drug-likeness (QED) is 0.0996. The highest BCUT2D eigenvalue weighted by Crippen LogP contribution is 2.71. The van der Waals surface area contributed by atoms with Gasteiger partial charge in [0.05, 0.1) is 13.2 Å². The van der Waals surface area contributed by atoms with Crippen LogP contribution in [-0.2, 0) is 49.7 Å². The number of rotatable bonds is 17. The van der Waals surface area contributed by atoms with E-state index in [0.717, 1.165) is 29.7 Å². The summed E-state index contributed by atoms with van der Waals surface area (Å²) >= 11 is 0. The second-order valence-corrected chi connectivity index (χ2v) is 14.2. The van der Waals surface area contributed by atoms with Gasteiger partial charge in [0.15, 0.2) is 6.23 Å². The lowest BCUT2D eigenvalue weighted by molar-refractivity contribution is -0.0746.